The van der Waals surface area contributed by atoms with Gasteiger partial charge in [0.15, 0.2) is 17.8 Å². The fraction of sp³-hybridized carbons (Fsp3) is 0.353. The quantitative estimate of drug-likeness (QED) is 0.657. The minimum Gasteiger partial charge on any atom is -0.454 e. The zero-order chi connectivity index (χ0) is 16.7. The molecular weight excluding hydrogens is 326 g/mol. The van der Waals surface area contributed by atoms with Gasteiger partial charge in [-0.1, -0.05) is 25.2 Å². The smallest absolute Gasteiger partial charge is 0.231 e. The normalized spacial score (nSPS) is 13.1. The number of benzene rings is 1. The van der Waals surface area contributed by atoms with Crippen molar-refractivity contribution in [2.45, 2.75) is 32.6 Å². The molecule has 3 aromatic rings. The average molecular weight is 343 g/mol. The fourth-order valence-electron chi connectivity index (χ4n) is 2.94. The maximum atomic E-state index is 11.7. The molecule has 1 aliphatic heterocycles. The summed E-state index contributed by atoms with van der Waals surface area (Å²) in [7, 11) is 0. The van der Waals surface area contributed by atoms with Gasteiger partial charge in [-0.3, -0.25) is 4.79 Å². The molecule has 0 fully saturated rings. The number of hydrogen-bond acceptors (Lipinski definition) is 6. The fourth-order valence-corrected chi connectivity index (χ4v) is 4.12. The van der Waals surface area contributed by atoms with Gasteiger partial charge in [0.05, 0.1) is 0 Å². The standard InChI is InChI=1S/C17H17N3O3S/c1-3-10(4-2)16-19-20-12(8-21)15(18-17(20)24-16)11-5-6-13-14(7-11)23-9-22-13/h5-8,10H,3-4,9H2,1-2H3. The van der Waals surface area contributed by atoms with Gasteiger partial charge >= 0.3 is 0 Å². The Morgan fingerprint density at radius 1 is 1.29 bits per heavy atom. The first-order chi connectivity index (χ1) is 11.7. The highest BCUT2D eigenvalue weighted by Gasteiger charge is 2.22. The lowest BCUT2D eigenvalue weighted by Gasteiger charge is -2.06. The lowest BCUT2D eigenvalue weighted by Crippen LogP contribution is -1.99. The van der Waals surface area contributed by atoms with Crippen LogP contribution in [0.5, 0.6) is 11.5 Å². The van der Waals surface area contributed by atoms with Crippen LogP contribution in [0.4, 0.5) is 0 Å². The van der Waals surface area contributed by atoms with E-state index in [4.69, 9.17) is 9.47 Å². The van der Waals surface area contributed by atoms with Gasteiger partial charge in [-0.15, -0.1) is 0 Å². The summed E-state index contributed by atoms with van der Waals surface area (Å²) in [5.74, 6) is 1.79. The van der Waals surface area contributed by atoms with Gasteiger partial charge in [0.25, 0.3) is 0 Å². The molecule has 0 radical (unpaired) electrons. The molecule has 0 saturated heterocycles. The molecule has 0 unspecified atom stereocenters. The minimum absolute atomic E-state index is 0.220. The molecule has 2 aromatic heterocycles. The van der Waals surface area contributed by atoms with Crippen molar-refractivity contribution < 1.29 is 14.3 Å². The van der Waals surface area contributed by atoms with Crippen LogP contribution in [0.25, 0.3) is 16.2 Å². The van der Waals surface area contributed by atoms with E-state index in [2.05, 4.69) is 23.9 Å². The number of ether oxygens (including phenoxy) is 2. The average Bonchev–Trinajstić information content (AvgIpc) is 3.28. The van der Waals surface area contributed by atoms with E-state index in [1.807, 2.05) is 18.2 Å². The summed E-state index contributed by atoms with van der Waals surface area (Å²) in [6.07, 6.45) is 2.87. The van der Waals surface area contributed by atoms with Gasteiger partial charge in [-0.05, 0) is 31.0 Å². The Morgan fingerprint density at radius 2 is 2.08 bits per heavy atom. The molecule has 3 heterocycles. The number of hydrogen-bond donors (Lipinski definition) is 0. The van der Waals surface area contributed by atoms with E-state index in [0.29, 0.717) is 28.8 Å². The minimum atomic E-state index is 0.220. The summed E-state index contributed by atoms with van der Waals surface area (Å²) in [6, 6.07) is 5.57. The molecule has 24 heavy (non-hydrogen) atoms. The summed E-state index contributed by atoms with van der Waals surface area (Å²) in [6.45, 7) is 4.52. The Bertz CT molecular complexity index is 911. The van der Waals surface area contributed by atoms with Gasteiger partial charge in [0.2, 0.25) is 11.8 Å². The van der Waals surface area contributed by atoms with Gasteiger partial charge in [0.1, 0.15) is 16.4 Å². The van der Waals surface area contributed by atoms with Gasteiger partial charge < -0.3 is 9.47 Å². The number of carbonyl (C=O) groups is 1. The van der Waals surface area contributed by atoms with E-state index in [-0.39, 0.29) is 6.79 Å². The Morgan fingerprint density at radius 3 is 2.83 bits per heavy atom. The molecule has 0 N–H and O–H groups in total. The van der Waals surface area contributed by atoms with Gasteiger partial charge in [0, 0.05) is 11.5 Å². The largest absolute Gasteiger partial charge is 0.454 e. The number of imidazole rings is 1. The third-order valence-electron chi connectivity index (χ3n) is 4.35. The van der Waals surface area contributed by atoms with E-state index in [9.17, 15) is 4.79 Å². The van der Waals surface area contributed by atoms with Crippen LogP contribution in [0.3, 0.4) is 0 Å². The molecule has 0 atom stereocenters. The second-order valence-electron chi connectivity index (χ2n) is 5.68. The van der Waals surface area contributed by atoms with Gasteiger partial charge in [-0.2, -0.15) is 9.61 Å². The van der Waals surface area contributed by atoms with Crippen LogP contribution in [0.2, 0.25) is 0 Å². The molecule has 0 spiro atoms. The van der Waals surface area contributed by atoms with Crippen molar-refractivity contribution in [2.24, 2.45) is 0 Å². The predicted molar refractivity (Wildman–Crippen MR) is 91.1 cm³/mol. The number of nitrogens with zero attached hydrogens (tertiary/aromatic N) is 3. The van der Waals surface area contributed by atoms with Crippen LogP contribution in [-0.4, -0.2) is 27.7 Å². The molecule has 0 aliphatic carbocycles. The summed E-state index contributed by atoms with van der Waals surface area (Å²) < 4.78 is 12.4. The number of rotatable bonds is 5. The zero-order valence-corrected chi connectivity index (χ0v) is 14.3. The number of aldehydes is 1. The first kappa shape index (κ1) is 15.1. The second-order valence-corrected chi connectivity index (χ2v) is 6.67. The Kier molecular flexibility index (Phi) is 3.72. The molecule has 1 aliphatic rings. The molecule has 124 valence electrons. The molecule has 0 bridgehead atoms. The van der Waals surface area contributed by atoms with Crippen molar-refractivity contribution in [1.82, 2.24) is 14.6 Å². The maximum Gasteiger partial charge on any atom is 0.231 e. The number of carbonyl (C=O) groups excluding carboxylic acids is 1. The molecule has 4 rings (SSSR count). The summed E-state index contributed by atoms with van der Waals surface area (Å²) in [5.41, 5.74) is 1.92. The van der Waals surface area contributed by atoms with Crippen LogP contribution in [0, 0.1) is 0 Å². The first-order valence-electron chi connectivity index (χ1n) is 7.99. The van der Waals surface area contributed by atoms with Crippen molar-refractivity contribution in [3.05, 3.63) is 28.9 Å². The van der Waals surface area contributed by atoms with E-state index in [0.717, 1.165) is 34.7 Å². The van der Waals surface area contributed by atoms with Crippen molar-refractivity contribution in [2.75, 3.05) is 6.79 Å². The first-order valence-corrected chi connectivity index (χ1v) is 8.81. The third kappa shape index (κ3) is 2.27. The molecule has 1 aromatic carbocycles. The highest BCUT2D eigenvalue weighted by Crippen LogP contribution is 2.37. The van der Waals surface area contributed by atoms with Crippen LogP contribution in [0.15, 0.2) is 18.2 Å². The highest BCUT2D eigenvalue weighted by molar-refractivity contribution is 7.16. The summed E-state index contributed by atoms with van der Waals surface area (Å²) >= 11 is 1.55. The molecule has 7 heteroatoms. The zero-order valence-electron chi connectivity index (χ0n) is 13.5. The summed E-state index contributed by atoms with van der Waals surface area (Å²) in [5, 5.41) is 5.66. The number of aromatic nitrogens is 3. The Balaban J connectivity index is 1.81. The lowest BCUT2D eigenvalue weighted by atomic mass is 10.1. The van der Waals surface area contributed by atoms with Crippen LogP contribution >= 0.6 is 11.3 Å². The molecule has 6 nitrogen and oxygen atoms in total. The highest BCUT2D eigenvalue weighted by atomic mass is 32.1. The van der Waals surface area contributed by atoms with E-state index in [1.54, 1.807) is 15.9 Å². The molecule has 0 amide bonds. The predicted octanol–water partition coefficient (Wildman–Crippen LogP) is 3.90. The van der Waals surface area contributed by atoms with Crippen molar-refractivity contribution in [3.8, 4) is 22.8 Å². The number of fused-ring (bicyclic) bond motifs is 2. The van der Waals surface area contributed by atoms with Crippen LogP contribution in [-0.2, 0) is 0 Å². The monoisotopic (exact) mass is 343 g/mol. The Hall–Kier alpha value is -2.41. The second kappa shape index (κ2) is 5.90. The molecular formula is C17H17N3O3S. The van der Waals surface area contributed by atoms with Crippen LogP contribution in [0.1, 0.15) is 48.1 Å². The van der Waals surface area contributed by atoms with E-state index >= 15 is 0 Å². The van der Waals surface area contributed by atoms with E-state index < -0.39 is 0 Å². The van der Waals surface area contributed by atoms with E-state index in [1.165, 1.54) is 0 Å². The Labute approximate surface area is 143 Å². The molecule has 0 saturated carbocycles. The van der Waals surface area contributed by atoms with Crippen molar-refractivity contribution >= 4 is 22.6 Å². The maximum absolute atomic E-state index is 11.7. The summed E-state index contributed by atoms with van der Waals surface area (Å²) in [4.78, 5) is 17.1. The van der Waals surface area contributed by atoms with Crippen LogP contribution < -0.4 is 9.47 Å². The third-order valence-corrected chi connectivity index (χ3v) is 5.42. The van der Waals surface area contributed by atoms with Crippen molar-refractivity contribution in [1.29, 1.82) is 0 Å². The van der Waals surface area contributed by atoms with Gasteiger partial charge in [-0.25, -0.2) is 4.98 Å². The topological polar surface area (TPSA) is 65.7 Å². The SMILES string of the molecule is CCC(CC)c1nn2c(C=O)c(-c3ccc4c(c3)OCO4)nc2s1. The lowest BCUT2D eigenvalue weighted by molar-refractivity contribution is 0.111. The van der Waals surface area contributed by atoms with Crippen molar-refractivity contribution in [3.63, 3.8) is 0 Å².